The van der Waals surface area contributed by atoms with Crippen LogP contribution in [-0.2, 0) is 4.79 Å². The summed E-state index contributed by atoms with van der Waals surface area (Å²) < 4.78 is 0. The van der Waals surface area contributed by atoms with Gasteiger partial charge in [0.2, 0.25) is 5.91 Å². The Kier molecular flexibility index (Phi) is 8.22. The molecule has 6 N–H and O–H groups in total. The molecule has 4 rings (SSSR count). The van der Waals surface area contributed by atoms with Crippen LogP contribution in [0.1, 0.15) is 35.3 Å². The van der Waals surface area contributed by atoms with Crippen LogP contribution in [0.3, 0.4) is 0 Å². The topological polar surface area (TPSA) is 144 Å². The van der Waals surface area contributed by atoms with Gasteiger partial charge in [0, 0.05) is 43.4 Å². The number of carbonyl (C=O) groups excluding carboxylic acids is 2. The van der Waals surface area contributed by atoms with Gasteiger partial charge in [-0.15, -0.1) is 0 Å². The molecule has 2 heterocycles. The predicted octanol–water partition coefficient (Wildman–Crippen LogP) is 3.01. The zero-order chi connectivity index (χ0) is 25.3. The Morgan fingerprint density at radius 2 is 1.78 bits per heavy atom. The molecule has 2 amide bonds. The summed E-state index contributed by atoms with van der Waals surface area (Å²) in [4.78, 5) is 35.5. The molecule has 0 radical (unpaired) electrons. The molecule has 0 fully saturated rings. The number of benzene rings is 2. The first-order valence-electron chi connectivity index (χ1n) is 11.7. The number of hydrogen-bond acceptors (Lipinski definition) is 7. The van der Waals surface area contributed by atoms with Crippen molar-refractivity contribution in [1.29, 1.82) is 0 Å². The molecule has 0 aliphatic carbocycles. The fourth-order valence-electron chi connectivity index (χ4n) is 3.79. The second kappa shape index (κ2) is 11.9. The average molecular weight is 488 g/mol. The van der Waals surface area contributed by atoms with Crippen LogP contribution in [-0.4, -0.2) is 51.6 Å². The summed E-state index contributed by atoms with van der Waals surface area (Å²) >= 11 is 0. The molecule has 2 aromatic heterocycles. The van der Waals surface area contributed by atoms with Crippen molar-refractivity contribution >= 4 is 28.7 Å². The average Bonchev–Trinajstić information content (AvgIpc) is 3.36. The van der Waals surface area contributed by atoms with Gasteiger partial charge < -0.3 is 20.9 Å². The van der Waals surface area contributed by atoms with Gasteiger partial charge in [-0.2, -0.15) is 0 Å². The van der Waals surface area contributed by atoms with Crippen molar-refractivity contribution in [2.45, 2.75) is 19.4 Å². The minimum atomic E-state index is -0.456. The van der Waals surface area contributed by atoms with Crippen molar-refractivity contribution in [3.8, 4) is 11.3 Å². The van der Waals surface area contributed by atoms with Crippen molar-refractivity contribution in [3.05, 3.63) is 78.1 Å². The van der Waals surface area contributed by atoms with E-state index < -0.39 is 5.91 Å². The van der Waals surface area contributed by atoms with Crippen LogP contribution in [0.4, 0.5) is 5.82 Å². The molecule has 10 heteroatoms. The van der Waals surface area contributed by atoms with Gasteiger partial charge in [-0.1, -0.05) is 42.5 Å². The highest BCUT2D eigenvalue weighted by molar-refractivity contribution is 5.95. The number of H-pyrrole nitrogens is 1. The van der Waals surface area contributed by atoms with Crippen LogP contribution in [0.25, 0.3) is 22.3 Å². The number of aromatic nitrogens is 3. The van der Waals surface area contributed by atoms with E-state index in [2.05, 4.69) is 50.0 Å². The first kappa shape index (κ1) is 24.8. The highest BCUT2D eigenvalue weighted by Crippen LogP contribution is 2.29. The molecule has 0 spiro atoms. The first-order chi connectivity index (χ1) is 17.5. The second-order valence-electron chi connectivity index (χ2n) is 8.31. The number of carbonyl (C=O) groups is 2. The fraction of sp³-hybridized carbons (Fsp3) is 0.231. The summed E-state index contributed by atoms with van der Waals surface area (Å²) in [6, 6.07) is 19.6. The number of hydrogen-bond donors (Lipinski definition) is 6. The van der Waals surface area contributed by atoms with Crippen LogP contribution in [0.5, 0.6) is 0 Å². The quantitative estimate of drug-likeness (QED) is 0.108. The number of nitrogens with zero attached hydrogens (tertiary/aromatic N) is 2. The van der Waals surface area contributed by atoms with Crippen molar-refractivity contribution < 1.29 is 14.8 Å². The van der Waals surface area contributed by atoms with E-state index in [-0.39, 0.29) is 18.4 Å². The molecule has 1 atom stereocenters. The lowest BCUT2D eigenvalue weighted by molar-refractivity contribution is -0.129. The van der Waals surface area contributed by atoms with Crippen LogP contribution >= 0.6 is 0 Å². The van der Waals surface area contributed by atoms with Gasteiger partial charge >= 0.3 is 0 Å². The number of aromatic amines is 1. The van der Waals surface area contributed by atoms with Crippen LogP contribution in [0.2, 0.25) is 0 Å². The Bertz CT molecular complexity index is 1310. The molecule has 4 aromatic rings. The van der Waals surface area contributed by atoms with E-state index in [9.17, 15) is 9.59 Å². The van der Waals surface area contributed by atoms with Crippen molar-refractivity contribution in [2.24, 2.45) is 0 Å². The highest BCUT2D eigenvalue weighted by Gasteiger charge is 2.13. The SMILES string of the molecule is C[C@@H](Nc1ncnc2[nH]c(-c3ccc(C(=O)NCCNCCC(=O)NO)cc3)cc12)c1ccccc1. The van der Waals surface area contributed by atoms with Gasteiger partial charge in [0.1, 0.15) is 17.8 Å². The number of rotatable bonds is 11. The second-order valence-corrected chi connectivity index (χ2v) is 8.31. The maximum absolute atomic E-state index is 12.4. The summed E-state index contributed by atoms with van der Waals surface area (Å²) in [6.07, 6.45) is 1.70. The van der Waals surface area contributed by atoms with Gasteiger partial charge in [-0.3, -0.25) is 14.8 Å². The molecule has 2 aromatic carbocycles. The third-order valence-corrected chi connectivity index (χ3v) is 5.78. The molecular weight excluding hydrogens is 458 g/mol. The Labute approximate surface area is 208 Å². The third kappa shape index (κ3) is 6.23. The van der Waals surface area contributed by atoms with E-state index in [1.165, 1.54) is 11.9 Å². The number of nitrogens with one attached hydrogen (secondary N) is 5. The molecule has 36 heavy (non-hydrogen) atoms. The summed E-state index contributed by atoms with van der Waals surface area (Å²) in [7, 11) is 0. The minimum Gasteiger partial charge on any atom is -0.363 e. The van der Waals surface area contributed by atoms with Crippen molar-refractivity contribution in [2.75, 3.05) is 25.0 Å². The van der Waals surface area contributed by atoms with E-state index in [0.29, 0.717) is 25.2 Å². The predicted molar refractivity (Wildman–Crippen MR) is 138 cm³/mol. The van der Waals surface area contributed by atoms with Crippen LogP contribution < -0.4 is 21.4 Å². The molecule has 10 nitrogen and oxygen atoms in total. The molecule has 0 aliphatic heterocycles. The molecule has 0 aliphatic rings. The lowest BCUT2D eigenvalue weighted by atomic mass is 10.1. The van der Waals surface area contributed by atoms with E-state index in [1.54, 1.807) is 17.6 Å². The molecule has 186 valence electrons. The lowest BCUT2D eigenvalue weighted by Gasteiger charge is -2.15. The fourth-order valence-corrected chi connectivity index (χ4v) is 3.79. The first-order valence-corrected chi connectivity index (χ1v) is 11.7. The summed E-state index contributed by atoms with van der Waals surface area (Å²) in [5.41, 5.74) is 5.82. The lowest BCUT2D eigenvalue weighted by Crippen LogP contribution is -2.33. The molecule has 0 saturated heterocycles. The third-order valence-electron chi connectivity index (χ3n) is 5.78. The van der Waals surface area contributed by atoms with Crippen molar-refractivity contribution in [3.63, 3.8) is 0 Å². The van der Waals surface area contributed by atoms with Crippen molar-refractivity contribution in [1.82, 2.24) is 31.1 Å². The summed E-state index contributed by atoms with van der Waals surface area (Å²) in [5, 5.41) is 18.7. The zero-order valence-electron chi connectivity index (χ0n) is 19.9. The van der Waals surface area contributed by atoms with Gasteiger partial charge in [-0.25, -0.2) is 15.4 Å². The minimum absolute atomic E-state index is 0.0793. The van der Waals surface area contributed by atoms with Crippen LogP contribution in [0, 0.1) is 0 Å². The van der Waals surface area contributed by atoms with E-state index >= 15 is 0 Å². The van der Waals surface area contributed by atoms with Gasteiger partial charge in [0.05, 0.1) is 5.39 Å². The zero-order valence-corrected chi connectivity index (χ0v) is 19.9. The van der Waals surface area contributed by atoms with E-state index in [4.69, 9.17) is 5.21 Å². The number of fused-ring (bicyclic) bond motifs is 1. The van der Waals surface area contributed by atoms with Gasteiger partial charge in [0.15, 0.2) is 0 Å². The highest BCUT2D eigenvalue weighted by atomic mass is 16.5. The smallest absolute Gasteiger partial charge is 0.251 e. The molecular formula is C26H29N7O3. The monoisotopic (exact) mass is 487 g/mol. The summed E-state index contributed by atoms with van der Waals surface area (Å²) in [6.45, 7) is 3.43. The Morgan fingerprint density at radius 1 is 1.00 bits per heavy atom. The van der Waals surface area contributed by atoms with Gasteiger partial charge in [0.25, 0.3) is 5.91 Å². The van der Waals surface area contributed by atoms with Gasteiger partial charge in [-0.05, 0) is 36.2 Å². The Balaban J connectivity index is 1.37. The van der Waals surface area contributed by atoms with E-state index in [0.717, 1.165) is 28.1 Å². The summed E-state index contributed by atoms with van der Waals surface area (Å²) in [5.74, 6) is 0.115. The van der Waals surface area contributed by atoms with Crippen LogP contribution in [0.15, 0.2) is 67.0 Å². The standard InChI is InChI=1S/C26H29N7O3/c1-17(18-5-3-2-4-6-18)31-24-21-15-22(32-25(21)30-16-29-24)19-7-9-20(10-8-19)26(35)28-14-13-27-12-11-23(34)33-36/h2-10,15-17,27,36H,11-14H2,1H3,(H,28,35)(H,33,34)(H2,29,30,31,32)/t17-/m1/s1. The largest absolute Gasteiger partial charge is 0.363 e. The number of hydroxylamine groups is 1. The Hall–Kier alpha value is -4.28. The molecule has 0 saturated carbocycles. The maximum Gasteiger partial charge on any atom is 0.251 e. The molecule has 0 bridgehead atoms. The normalized spacial score (nSPS) is 11.7. The number of anilines is 1. The van der Waals surface area contributed by atoms with E-state index in [1.807, 2.05) is 36.4 Å². The maximum atomic E-state index is 12.4. The molecule has 0 unspecified atom stereocenters. The number of amides is 2. The Morgan fingerprint density at radius 3 is 2.53 bits per heavy atom.